The maximum Gasteiger partial charge on any atom is 0.408 e. The summed E-state index contributed by atoms with van der Waals surface area (Å²) in [5, 5.41) is 0.203. The first-order valence-corrected chi connectivity index (χ1v) is 6.18. The summed E-state index contributed by atoms with van der Waals surface area (Å²) < 4.78 is 39.5. The van der Waals surface area contributed by atoms with Crippen LogP contribution in [0, 0.1) is 5.92 Å². The van der Waals surface area contributed by atoms with Crippen molar-refractivity contribution < 1.29 is 13.2 Å². The lowest BCUT2D eigenvalue weighted by Gasteiger charge is -2.29. The predicted molar refractivity (Wildman–Crippen MR) is 63.4 cm³/mol. The molecule has 1 aliphatic heterocycles. The minimum Gasteiger partial charge on any atom is -0.288 e. The van der Waals surface area contributed by atoms with Gasteiger partial charge >= 0.3 is 6.18 Å². The highest BCUT2D eigenvalue weighted by Crippen LogP contribution is 2.40. The Morgan fingerprint density at radius 1 is 1.44 bits per heavy atom. The van der Waals surface area contributed by atoms with Gasteiger partial charge in [-0.25, -0.2) is 4.98 Å². The number of hydrogen-bond donors (Lipinski definition) is 0. The van der Waals surface area contributed by atoms with Gasteiger partial charge in [-0.3, -0.25) is 4.90 Å². The standard InChI is InChI=1S/C12H14ClF3N2/c1-8-4-5-18(7-8)11(12(14,15)16)9-2-3-10(13)17-6-9/h2-3,6,8,11H,4-5,7H2,1H3/t8?,11-/m0/s1. The molecule has 2 rings (SSSR count). The fraction of sp³-hybridized carbons (Fsp3) is 0.583. The number of aromatic nitrogens is 1. The van der Waals surface area contributed by atoms with Crippen molar-refractivity contribution in [3.8, 4) is 0 Å². The van der Waals surface area contributed by atoms with Gasteiger partial charge in [-0.15, -0.1) is 0 Å². The van der Waals surface area contributed by atoms with Gasteiger partial charge in [0.1, 0.15) is 11.2 Å². The number of alkyl halides is 3. The van der Waals surface area contributed by atoms with Crippen LogP contribution in [0.15, 0.2) is 18.3 Å². The van der Waals surface area contributed by atoms with Crippen LogP contribution in [0.3, 0.4) is 0 Å². The van der Waals surface area contributed by atoms with Gasteiger partial charge in [0.25, 0.3) is 0 Å². The molecule has 2 atom stereocenters. The number of hydrogen-bond acceptors (Lipinski definition) is 2. The zero-order chi connectivity index (χ0) is 13.3. The number of pyridine rings is 1. The van der Waals surface area contributed by atoms with E-state index in [4.69, 9.17) is 11.6 Å². The Labute approximate surface area is 109 Å². The average molecular weight is 279 g/mol. The number of rotatable bonds is 2. The highest BCUT2D eigenvalue weighted by atomic mass is 35.5. The molecule has 6 heteroatoms. The normalized spacial score (nSPS) is 23.3. The predicted octanol–water partition coefficient (Wildman–Crippen LogP) is 3.68. The maximum absolute atomic E-state index is 13.2. The van der Waals surface area contributed by atoms with Crippen molar-refractivity contribution in [2.45, 2.75) is 25.6 Å². The molecule has 0 amide bonds. The largest absolute Gasteiger partial charge is 0.408 e. The average Bonchev–Trinajstić information content (AvgIpc) is 2.66. The summed E-state index contributed by atoms with van der Waals surface area (Å²) >= 11 is 5.61. The molecule has 0 radical (unpaired) electrons. The van der Waals surface area contributed by atoms with Crippen LogP contribution in [0.25, 0.3) is 0 Å². The van der Waals surface area contributed by atoms with Crippen LogP contribution in [0.2, 0.25) is 5.15 Å². The summed E-state index contributed by atoms with van der Waals surface area (Å²) in [6, 6.07) is 1.22. The molecule has 0 N–H and O–H groups in total. The molecule has 18 heavy (non-hydrogen) atoms. The highest BCUT2D eigenvalue weighted by Gasteiger charge is 2.46. The zero-order valence-corrected chi connectivity index (χ0v) is 10.7. The summed E-state index contributed by atoms with van der Waals surface area (Å²) in [5.74, 6) is 0.301. The quantitative estimate of drug-likeness (QED) is 0.767. The minimum absolute atomic E-state index is 0.154. The van der Waals surface area contributed by atoms with E-state index in [0.29, 0.717) is 19.0 Å². The fourth-order valence-corrected chi connectivity index (χ4v) is 2.47. The number of halogens is 4. The van der Waals surface area contributed by atoms with E-state index in [9.17, 15) is 13.2 Å². The zero-order valence-electron chi connectivity index (χ0n) is 9.91. The van der Waals surface area contributed by atoms with Gasteiger partial charge in [0.2, 0.25) is 0 Å². The second kappa shape index (κ2) is 5.05. The molecular formula is C12H14ClF3N2. The summed E-state index contributed by atoms with van der Waals surface area (Å²) in [6.07, 6.45) is -2.28. The Balaban J connectivity index is 2.28. The molecule has 1 aliphatic rings. The number of likely N-dealkylation sites (tertiary alicyclic amines) is 1. The topological polar surface area (TPSA) is 16.1 Å². The highest BCUT2D eigenvalue weighted by molar-refractivity contribution is 6.29. The Hall–Kier alpha value is -0.810. The molecule has 1 aromatic rings. The first kappa shape index (κ1) is 13.6. The molecule has 0 spiro atoms. The lowest BCUT2D eigenvalue weighted by Crippen LogP contribution is -2.37. The van der Waals surface area contributed by atoms with Gasteiger partial charge in [-0.2, -0.15) is 13.2 Å². The van der Waals surface area contributed by atoms with E-state index >= 15 is 0 Å². The van der Waals surface area contributed by atoms with E-state index in [1.807, 2.05) is 6.92 Å². The van der Waals surface area contributed by atoms with Crippen molar-refractivity contribution in [1.82, 2.24) is 9.88 Å². The van der Waals surface area contributed by atoms with Gasteiger partial charge in [0.15, 0.2) is 0 Å². The van der Waals surface area contributed by atoms with E-state index in [1.165, 1.54) is 23.2 Å². The third-order valence-electron chi connectivity index (χ3n) is 3.20. The SMILES string of the molecule is CC1CCN([C@@H](c2ccc(Cl)nc2)C(F)(F)F)C1. The molecule has 0 saturated carbocycles. The molecule has 1 fully saturated rings. The number of nitrogens with zero attached hydrogens (tertiary/aromatic N) is 2. The van der Waals surface area contributed by atoms with E-state index in [0.717, 1.165) is 6.42 Å². The lowest BCUT2D eigenvalue weighted by molar-refractivity contribution is -0.184. The van der Waals surface area contributed by atoms with Gasteiger partial charge < -0.3 is 0 Å². The molecule has 0 aliphatic carbocycles. The third kappa shape index (κ3) is 2.95. The molecule has 1 saturated heterocycles. The van der Waals surface area contributed by atoms with Crippen LogP contribution in [0.1, 0.15) is 24.9 Å². The summed E-state index contributed by atoms with van der Waals surface area (Å²) in [4.78, 5) is 5.21. The van der Waals surface area contributed by atoms with E-state index < -0.39 is 12.2 Å². The van der Waals surface area contributed by atoms with E-state index in [1.54, 1.807) is 0 Å². The van der Waals surface area contributed by atoms with Crippen LogP contribution < -0.4 is 0 Å². The van der Waals surface area contributed by atoms with Crippen molar-refractivity contribution in [3.63, 3.8) is 0 Å². The first-order chi connectivity index (χ1) is 8.38. The Morgan fingerprint density at radius 2 is 2.17 bits per heavy atom. The van der Waals surface area contributed by atoms with Gasteiger partial charge in [-0.1, -0.05) is 24.6 Å². The maximum atomic E-state index is 13.2. The third-order valence-corrected chi connectivity index (χ3v) is 3.42. The summed E-state index contributed by atoms with van der Waals surface area (Å²) in [5.41, 5.74) is 0.154. The van der Waals surface area contributed by atoms with E-state index in [-0.39, 0.29) is 10.7 Å². The molecule has 0 bridgehead atoms. The molecular weight excluding hydrogens is 265 g/mol. The van der Waals surface area contributed by atoms with Gasteiger partial charge in [0.05, 0.1) is 0 Å². The Kier molecular flexibility index (Phi) is 3.82. The Morgan fingerprint density at radius 3 is 2.61 bits per heavy atom. The second-order valence-corrected chi connectivity index (χ2v) is 5.13. The van der Waals surface area contributed by atoms with E-state index in [2.05, 4.69) is 4.98 Å². The second-order valence-electron chi connectivity index (χ2n) is 4.75. The first-order valence-electron chi connectivity index (χ1n) is 5.80. The summed E-state index contributed by atoms with van der Waals surface area (Å²) in [6.45, 7) is 2.90. The van der Waals surface area contributed by atoms with Crippen molar-refractivity contribution >= 4 is 11.6 Å². The van der Waals surface area contributed by atoms with Crippen molar-refractivity contribution in [2.24, 2.45) is 5.92 Å². The van der Waals surface area contributed by atoms with Crippen molar-refractivity contribution in [2.75, 3.05) is 13.1 Å². The van der Waals surface area contributed by atoms with Crippen LogP contribution in [0.5, 0.6) is 0 Å². The molecule has 2 heterocycles. The van der Waals surface area contributed by atoms with Crippen LogP contribution >= 0.6 is 11.6 Å². The van der Waals surface area contributed by atoms with Crippen LogP contribution in [0.4, 0.5) is 13.2 Å². The Bertz CT molecular complexity index is 405. The molecule has 1 aromatic heterocycles. The smallest absolute Gasteiger partial charge is 0.288 e. The molecule has 100 valence electrons. The van der Waals surface area contributed by atoms with Crippen molar-refractivity contribution in [1.29, 1.82) is 0 Å². The van der Waals surface area contributed by atoms with Crippen LogP contribution in [-0.4, -0.2) is 29.1 Å². The van der Waals surface area contributed by atoms with Gasteiger partial charge in [-0.05, 0) is 30.5 Å². The monoisotopic (exact) mass is 278 g/mol. The summed E-state index contributed by atoms with van der Waals surface area (Å²) in [7, 11) is 0. The van der Waals surface area contributed by atoms with Crippen LogP contribution in [-0.2, 0) is 0 Å². The molecule has 0 aromatic carbocycles. The molecule has 2 nitrogen and oxygen atoms in total. The minimum atomic E-state index is -4.29. The lowest BCUT2D eigenvalue weighted by atomic mass is 10.1. The molecule has 1 unspecified atom stereocenters. The van der Waals surface area contributed by atoms with Crippen molar-refractivity contribution in [3.05, 3.63) is 29.0 Å². The fourth-order valence-electron chi connectivity index (χ4n) is 2.36. The van der Waals surface area contributed by atoms with Gasteiger partial charge in [0, 0.05) is 12.7 Å².